The van der Waals surface area contributed by atoms with Crippen LogP contribution in [-0.2, 0) is 16.1 Å². The molecule has 9 nitrogen and oxygen atoms in total. The van der Waals surface area contributed by atoms with Crippen LogP contribution >= 0.6 is 0 Å². The van der Waals surface area contributed by atoms with Crippen molar-refractivity contribution >= 4 is 28.5 Å². The number of carbonyl (C=O) groups excluding carboxylic acids is 3. The van der Waals surface area contributed by atoms with Crippen molar-refractivity contribution < 1.29 is 14.4 Å². The van der Waals surface area contributed by atoms with Gasteiger partial charge in [0.1, 0.15) is 18.3 Å². The number of amides is 2. The maximum atomic E-state index is 13.4. The Morgan fingerprint density at radius 1 is 1.03 bits per heavy atom. The summed E-state index contributed by atoms with van der Waals surface area (Å²) in [4.78, 5) is 49.2. The van der Waals surface area contributed by atoms with Crippen LogP contribution in [0, 0.1) is 6.92 Å². The normalized spacial score (nSPS) is 17.7. The lowest BCUT2D eigenvalue weighted by Gasteiger charge is -2.27. The lowest BCUT2D eigenvalue weighted by Crippen LogP contribution is -2.48. The lowest BCUT2D eigenvalue weighted by molar-refractivity contribution is -0.139. The van der Waals surface area contributed by atoms with Gasteiger partial charge < -0.3 is 10.2 Å². The van der Waals surface area contributed by atoms with Gasteiger partial charge in [-0.05, 0) is 31.9 Å². The van der Waals surface area contributed by atoms with Crippen molar-refractivity contribution in [3.8, 4) is 11.3 Å². The number of hydrogen-bond donors (Lipinski definition) is 1. The quantitative estimate of drug-likeness (QED) is 0.499. The van der Waals surface area contributed by atoms with Gasteiger partial charge in [0.25, 0.3) is 0 Å². The molecule has 1 aromatic carbocycles. The zero-order valence-electron chi connectivity index (χ0n) is 22.7. The number of carbonyl (C=O) groups is 3. The van der Waals surface area contributed by atoms with Crippen LogP contribution in [0.2, 0.25) is 0 Å². The van der Waals surface area contributed by atoms with Gasteiger partial charge in [0, 0.05) is 37.7 Å². The van der Waals surface area contributed by atoms with Crippen LogP contribution in [0.4, 0.5) is 0 Å². The van der Waals surface area contributed by atoms with Gasteiger partial charge in [-0.2, -0.15) is 5.10 Å². The Hall–Kier alpha value is -3.62. The van der Waals surface area contributed by atoms with Crippen molar-refractivity contribution in [2.45, 2.75) is 84.2 Å². The Bertz CT molecular complexity index is 1280. The predicted octanol–water partition coefficient (Wildman–Crippen LogP) is 4.47. The summed E-state index contributed by atoms with van der Waals surface area (Å²) in [5.74, 6) is -0.502. The molecular formula is C29H38N6O3. The van der Waals surface area contributed by atoms with E-state index in [4.69, 9.17) is 0 Å². The van der Waals surface area contributed by atoms with Crippen LogP contribution in [0.1, 0.15) is 80.9 Å². The number of Topliss-reactive ketones (excluding diaryl/α,β-unsaturated/α-hetero) is 1. The monoisotopic (exact) mass is 518 g/mol. The average molecular weight is 519 g/mol. The predicted molar refractivity (Wildman–Crippen MR) is 147 cm³/mol. The second kappa shape index (κ2) is 12.8. The molecule has 1 aliphatic heterocycles. The molecule has 0 spiro atoms. The standard InChI is InChI=1S/C29H38N6O3/c1-20-17-32-24(18-31-20)22-13-14-25-23(16-22)28(21(2)36)33-35(25)19-27(37)34(3)26-12-10-8-6-4-5-7-9-11-15-30-29(26)38/h13-14,16-18,26H,4-12,15,19H2,1-3H3,(H,30,38). The summed E-state index contributed by atoms with van der Waals surface area (Å²) in [5, 5.41) is 8.19. The molecule has 38 heavy (non-hydrogen) atoms. The largest absolute Gasteiger partial charge is 0.354 e. The Morgan fingerprint density at radius 2 is 1.74 bits per heavy atom. The number of likely N-dealkylation sites (N-methyl/N-ethyl adjacent to an activating group) is 1. The minimum Gasteiger partial charge on any atom is -0.354 e. The maximum absolute atomic E-state index is 13.4. The molecule has 9 heteroatoms. The molecule has 1 fully saturated rings. The smallest absolute Gasteiger partial charge is 0.244 e. The summed E-state index contributed by atoms with van der Waals surface area (Å²) >= 11 is 0. The molecule has 2 aromatic heterocycles. The Morgan fingerprint density at radius 3 is 2.42 bits per heavy atom. The highest BCUT2D eigenvalue weighted by Crippen LogP contribution is 2.26. The topological polar surface area (TPSA) is 110 Å². The van der Waals surface area contributed by atoms with Crippen molar-refractivity contribution in [3.63, 3.8) is 0 Å². The third-order valence-electron chi connectivity index (χ3n) is 7.31. The SMILES string of the molecule is CC(=O)c1nn(CC(=O)N(C)C2CCCCCCCCCCNC2=O)c2ccc(-c3cnc(C)cn3)cc12. The molecule has 4 rings (SSSR count). The van der Waals surface area contributed by atoms with Gasteiger partial charge in [-0.25, -0.2) is 0 Å². The molecule has 0 radical (unpaired) electrons. The van der Waals surface area contributed by atoms with Gasteiger partial charge in [0.2, 0.25) is 11.8 Å². The van der Waals surface area contributed by atoms with E-state index in [1.807, 2.05) is 25.1 Å². The molecule has 0 aliphatic carbocycles. The molecule has 2 amide bonds. The molecule has 1 unspecified atom stereocenters. The molecule has 1 aliphatic rings. The van der Waals surface area contributed by atoms with Crippen LogP contribution in [0.15, 0.2) is 30.6 Å². The van der Waals surface area contributed by atoms with Gasteiger partial charge >= 0.3 is 0 Å². The van der Waals surface area contributed by atoms with E-state index in [-0.39, 0.29) is 24.1 Å². The first-order valence-corrected chi connectivity index (χ1v) is 13.7. The first kappa shape index (κ1) is 27.4. The number of aromatic nitrogens is 4. The van der Waals surface area contributed by atoms with Crippen molar-refractivity contribution in [1.29, 1.82) is 0 Å². The zero-order valence-corrected chi connectivity index (χ0v) is 22.7. The number of hydrogen-bond acceptors (Lipinski definition) is 6. The number of nitrogens with zero attached hydrogens (tertiary/aromatic N) is 5. The van der Waals surface area contributed by atoms with E-state index in [0.29, 0.717) is 35.3 Å². The highest BCUT2D eigenvalue weighted by Gasteiger charge is 2.27. The molecule has 3 heterocycles. The Balaban J connectivity index is 1.55. The average Bonchev–Trinajstić information content (AvgIpc) is 3.27. The zero-order chi connectivity index (χ0) is 27.1. The minimum atomic E-state index is -0.524. The number of aryl methyl sites for hydroxylation is 1. The van der Waals surface area contributed by atoms with Gasteiger partial charge in [0.05, 0.1) is 23.1 Å². The van der Waals surface area contributed by atoms with E-state index in [0.717, 1.165) is 43.4 Å². The molecule has 0 bridgehead atoms. The lowest BCUT2D eigenvalue weighted by atomic mass is 10.0. The summed E-state index contributed by atoms with van der Waals surface area (Å²) < 4.78 is 1.56. The minimum absolute atomic E-state index is 0.0618. The van der Waals surface area contributed by atoms with Gasteiger partial charge in [-0.3, -0.25) is 29.0 Å². The van der Waals surface area contributed by atoms with E-state index in [1.165, 1.54) is 26.2 Å². The van der Waals surface area contributed by atoms with E-state index in [9.17, 15) is 14.4 Å². The van der Waals surface area contributed by atoms with Crippen molar-refractivity contribution in [1.82, 2.24) is 30.0 Å². The number of benzene rings is 1. The molecule has 202 valence electrons. The molecule has 1 N–H and O–H groups in total. The first-order valence-electron chi connectivity index (χ1n) is 13.7. The van der Waals surface area contributed by atoms with E-state index in [1.54, 1.807) is 29.0 Å². The fourth-order valence-electron chi connectivity index (χ4n) is 5.03. The van der Waals surface area contributed by atoms with Gasteiger partial charge in [-0.1, -0.05) is 51.0 Å². The van der Waals surface area contributed by atoms with Crippen molar-refractivity contribution in [2.75, 3.05) is 13.6 Å². The van der Waals surface area contributed by atoms with Crippen LogP contribution in [-0.4, -0.2) is 61.9 Å². The molecule has 3 aromatic rings. The van der Waals surface area contributed by atoms with Crippen LogP contribution < -0.4 is 5.32 Å². The highest BCUT2D eigenvalue weighted by molar-refractivity contribution is 6.06. The molecule has 1 atom stereocenters. The third-order valence-corrected chi connectivity index (χ3v) is 7.31. The fraction of sp³-hybridized carbons (Fsp3) is 0.517. The van der Waals surface area contributed by atoms with E-state index >= 15 is 0 Å². The maximum Gasteiger partial charge on any atom is 0.244 e. The summed E-state index contributed by atoms with van der Waals surface area (Å²) in [5.41, 5.74) is 3.31. The summed E-state index contributed by atoms with van der Waals surface area (Å²) in [6, 6.07) is 5.08. The highest BCUT2D eigenvalue weighted by atomic mass is 16.2. The van der Waals surface area contributed by atoms with E-state index in [2.05, 4.69) is 20.4 Å². The fourth-order valence-corrected chi connectivity index (χ4v) is 5.03. The summed E-state index contributed by atoms with van der Waals surface area (Å²) in [6.45, 7) is 3.92. The number of ketones is 1. The molecule has 1 saturated heterocycles. The van der Waals surface area contributed by atoms with Crippen molar-refractivity contribution in [3.05, 3.63) is 42.0 Å². The van der Waals surface area contributed by atoms with Crippen molar-refractivity contribution in [2.24, 2.45) is 0 Å². The number of nitrogens with one attached hydrogen (secondary N) is 1. The summed E-state index contributed by atoms with van der Waals surface area (Å²) in [6.07, 6.45) is 12.9. The first-order chi connectivity index (χ1) is 18.3. The van der Waals surface area contributed by atoms with Gasteiger partial charge in [0.15, 0.2) is 5.78 Å². The van der Waals surface area contributed by atoms with E-state index < -0.39 is 6.04 Å². The Labute approximate surface area is 224 Å². The van der Waals surface area contributed by atoms with Crippen LogP contribution in [0.3, 0.4) is 0 Å². The third kappa shape index (κ3) is 6.62. The van der Waals surface area contributed by atoms with Crippen LogP contribution in [0.5, 0.6) is 0 Å². The second-order valence-electron chi connectivity index (χ2n) is 10.3. The Kier molecular flexibility index (Phi) is 9.20. The second-order valence-corrected chi connectivity index (χ2v) is 10.3. The summed E-state index contributed by atoms with van der Waals surface area (Å²) in [7, 11) is 1.69. The van der Waals surface area contributed by atoms with Crippen LogP contribution in [0.25, 0.3) is 22.2 Å². The molecule has 0 saturated carbocycles. The molecular weight excluding hydrogens is 480 g/mol. The number of rotatable bonds is 5. The van der Waals surface area contributed by atoms with Gasteiger partial charge in [-0.15, -0.1) is 0 Å². The number of fused-ring (bicyclic) bond motifs is 1.